The SMILES string of the molecule is c1ccc2c(-c3ccc(N(c4nc5ccccc5s4)c4cccc5ncsc45)cc3)cccc2c1. The van der Waals surface area contributed by atoms with Gasteiger partial charge >= 0.3 is 0 Å². The molecule has 0 aliphatic carbocycles. The molecule has 0 atom stereocenters. The Labute approximate surface area is 210 Å². The fourth-order valence-corrected chi connectivity index (χ4v) is 6.42. The maximum Gasteiger partial charge on any atom is 0.195 e. The Balaban J connectivity index is 1.40. The maximum absolute atomic E-state index is 5.01. The first-order valence-electron chi connectivity index (χ1n) is 11.4. The van der Waals surface area contributed by atoms with E-state index in [1.54, 1.807) is 22.7 Å². The van der Waals surface area contributed by atoms with Crippen LogP contribution >= 0.6 is 22.7 Å². The molecule has 0 spiro atoms. The third-order valence-corrected chi connectivity index (χ3v) is 8.16. The van der Waals surface area contributed by atoms with E-state index in [1.165, 1.54) is 26.6 Å². The second-order valence-corrected chi connectivity index (χ2v) is 10.2. The molecule has 0 bridgehead atoms. The van der Waals surface area contributed by atoms with E-state index in [9.17, 15) is 0 Å². The van der Waals surface area contributed by atoms with Gasteiger partial charge in [0.15, 0.2) is 5.13 Å². The van der Waals surface area contributed by atoms with E-state index in [1.807, 2.05) is 11.6 Å². The summed E-state index contributed by atoms with van der Waals surface area (Å²) >= 11 is 3.37. The summed E-state index contributed by atoms with van der Waals surface area (Å²) < 4.78 is 2.33. The average molecular weight is 486 g/mol. The van der Waals surface area contributed by atoms with Gasteiger partial charge in [0, 0.05) is 5.69 Å². The Morgan fingerprint density at radius 2 is 1.43 bits per heavy atom. The normalized spacial score (nSPS) is 11.4. The van der Waals surface area contributed by atoms with Crippen molar-refractivity contribution >= 4 is 70.4 Å². The van der Waals surface area contributed by atoms with Crippen molar-refractivity contribution in [1.29, 1.82) is 0 Å². The molecule has 5 heteroatoms. The summed E-state index contributed by atoms with van der Waals surface area (Å²) in [5.41, 5.74) is 8.55. The van der Waals surface area contributed by atoms with Crippen LogP contribution in [0.25, 0.3) is 42.3 Å². The molecule has 0 N–H and O–H groups in total. The highest BCUT2D eigenvalue weighted by atomic mass is 32.1. The van der Waals surface area contributed by atoms with Crippen molar-refractivity contribution in [1.82, 2.24) is 9.97 Å². The van der Waals surface area contributed by atoms with E-state index >= 15 is 0 Å². The summed E-state index contributed by atoms with van der Waals surface area (Å²) in [7, 11) is 0. The number of benzene rings is 5. The monoisotopic (exact) mass is 485 g/mol. The van der Waals surface area contributed by atoms with Gasteiger partial charge in [0.25, 0.3) is 0 Å². The highest BCUT2D eigenvalue weighted by molar-refractivity contribution is 7.22. The Morgan fingerprint density at radius 3 is 2.34 bits per heavy atom. The van der Waals surface area contributed by atoms with Gasteiger partial charge in [-0.2, -0.15) is 0 Å². The van der Waals surface area contributed by atoms with E-state index in [0.29, 0.717) is 0 Å². The number of para-hydroxylation sites is 1. The van der Waals surface area contributed by atoms with Crippen molar-refractivity contribution in [2.45, 2.75) is 0 Å². The predicted octanol–water partition coefficient (Wildman–Crippen LogP) is 9.20. The molecule has 0 saturated heterocycles. The maximum atomic E-state index is 5.01. The first-order valence-corrected chi connectivity index (χ1v) is 13.1. The van der Waals surface area contributed by atoms with E-state index in [-0.39, 0.29) is 0 Å². The van der Waals surface area contributed by atoms with E-state index < -0.39 is 0 Å². The molecule has 0 radical (unpaired) electrons. The zero-order valence-corrected chi connectivity index (χ0v) is 20.3. The molecule has 2 heterocycles. The Morgan fingerprint density at radius 1 is 0.657 bits per heavy atom. The van der Waals surface area contributed by atoms with Gasteiger partial charge in [-0.25, -0.2) is 9.97 Å². The highest BCUT2D eigenvalue weighted by Gasteiger charge is 2.20. The number of nitrogens with zero attached hydrogens (tertiary/aromatic N) is 3. The van der Waals surface area contributed by atoms with Crippen LogP contribution in [0.4, 0.5) is 16.5 Å². The van der Waals surface area contributed by atoms with Crippen LogP contribution in [-0.4, -0.2) is 9.97 Å². The predicted molar refractivity (Wildman–Crippen MR) is 150 cm³/mol. The van der Waals surface area contributed by atoms with E-state index in [2.05, 4.69) is 113 Å². The molecule has 166 valence electrons. The van der Waals surface area contributed by atoms with Gasteiger partial charge in [0.05, 0.1) is 31.6 Å². The van der Waals surface area contributed by atoms with Crippen molar-refractivity contribution in [2.24, 2.45) is 0 Å². The molecule has 2 aromatic heterocycles. The lowest BCUT2D eigenvalue weighted by molar-refractivity contribution is 1.26. The van der Waals surface area contributed by atoms with Crippen LogP contribution in [-0.2, 0) is 0 Å². The summed E-state index contributed by atoms with van der Waals surface area (Å²) in [6.07, 6.45) is 0. The number of fused-ring (bicyclic) bond motifs is 3. The van der Waals surface area contributed by atoms with Crippen LogP contribution in [0.5, 0.6) is 0 Å². The second kappa shape index (κ2) is 8.31. The number of hydrogen-bond donors (Lipinski definition) is 0. The van der Waals surface area contributed by atoms with Crippen LogP contribution in [0, 0.1) is 0 Å². The summed E-state index contributed by atoms with van der Waals surface area (Å²) in [6, 6.07) is 38.5. The van der Waals surface area contributed by atoms with Crippen LogP contribution in [0.3, 0.4) is 0 Å². The van der Waals surface area contributed by atoms with Gasteiger partial charge in [-0.15, -0.1) is 11.3 Å². The summed E-state index contributed by atoms with van der Waals surface area (Å²) in [5, 5.41) is 3.47. The molecule has 7 aromatic rings. The quantitative estimate of drug-likeness (QED) is 0.249. The molecule has 0 saturated carbocycles. The zero-order chi connectivity index (χ0) is 23.2. The van der Waals surface area contributed by atoms with Gasteiger partial charge < -0.3 is 0 Å². The summed E-state index contributed by atoms with van der Waals surface area (Å²) in [4.78, 5) is 11.8. The molecular formula is C30H19N3S2. The van der Waals surface area contributed by atoms with E-state index in [0.717, 1.165) is 32.2 Å². The summed E-state index contributed by atoms with van der Waals surface area (Å²) in [6.45, 7) is 0. The van der Waals surface area contributed by atoms with Crippen molar-refractivity contribution in [3.8, 4) is 11.1 Å². The largest absolute Gasteiger partial charge is 0.285 e. The van der Waals surface area contributed by atoms with Gasteiger partial charge in [0.1, 0.15) is 0 Å². The van der Waals surface area contributed by atoms with Gasteiger partial charge in [0.2, 0.25) is 0 Å². The fourth-order valence-electron chi connectivity index (χ4n) is 4.62. The molecule has 35 heavy (non-hydrogen) atoms. The minimum Gasteiger partial charge on any atom is -0.285 e. The lowest BCUT2D eigenvalue weighted by atomic mass is 9.98. The molecule has 0 fully saturated rings. The van der Waals surface area contributed by atoms with Crippen LogP contribution in [0.2, 0.25) is 0 Å². The standard InChI is InChI=1S/C30H19N3S2/c1-2-9-23-20(7-1)8-5-10-24(23)21-15-17-22(18-16-21)33(27-13-6-12-26-29(27)34-19-31-26)30-32-25-11-3-4-14-28(25)35-30/h1-19H. The average Bonchev–Trinajstić information content (AvgIpc) is 3.57. The first kappa shape index (κ1) is 20.3. The Bertz CT molecular complexity index is 1780. The fraction of sp³-hybridized carbons (Fsp3) is 0. The molecule has 7 rings (SSSR count). The molecule has 5 aromatic carbocycles. The van der Waals surface area contributed by atoms with Crippen molar-refractivity contribution in [2.75, 3.05) is 4.90 Å². The molecule has 3 nitrogen and oxygen atoms in total. The van der Waals surface area contributed by atoms with Crippen molar-refractivity contribution in [3.05, 3.63) is 115 Å². The Kier molecular flexibility index (Phi) is 4.82. The molecule has 0 amide bonds. The Hall–Kier alpha value is -4.06. The number of anilines is 3. The second-order valence-electron chi connectivity index (χ2n) is 8.35. The molecular weight excluding hydrogens is 466 g/mol. The minimum absolute atomic E-state index is 0.949. The number of rotatable bonds is 4. The zero-order valence-electron chi connectivity index (χ0n) is 18.6. The smallest absolute Gasteiger partial charge is 0.195 e. The van der Waals surface area contributed by atoms with Crippen LogP contribution in [0.1, 0.15) is 0 Å². The molecule has 0 aliphatic heterocycles. The lowest BCUT2D eigenvalue weighted by Crippen LogP contribution is -2.09. The molecule has 0 aliphatic rings. The van der Waals surface area contributed by atoms with Crippen LogP contribution < -0.4 is 4.90 Å². The third kappa shape index (κ3) is 3.48. The summed E-state index contributed by atoms with van der Waals surface area (Å²) in [5.74, 6) is 0. The van der Waals surface area contributed by atoms with Gasteiger partial charge in [-0.1, -0.05) is 84.1 Å². The van der Waals surface area contributed by atoms with Gasteiger partial charge in [-0.05, 0) is 58.3 Å². The molecule has 0 unspecified atom stereocenters. The van der Waals surface area contributed by atoms with E-state index in [4.69, 9.17) is 4.98 Å². The number of hydrogen-bond acceptors (Lipinski definition) is 5. The number of aromatic nitrogens is 2. The van der Waals surface area contributed by atoms with Crippen molar-refractivity contribution < 1.29 is 0 Å². The first-order chi connectivity index (χ1) is 17.3. The highest BCUT2D eigenvalue weighted by Crippen LogP contribution is 2.43. The minimum atomic E-state index is 0.949. The van der Waals surface area contributed by atoms with Gasteiger partial charge in [-0.3, -0.25) is 4.90 Å². The van der Waals surface area contributed by atoms with Crippen molar-refractivity contribution in [3.63, 3.8) is 0 Å². The third-order valence-electron chi connectivity index (χ3n) is 6.28. The topological polar surface area (TPSA) is 29.0 Å². The van der Waals surface area contributed by atoms with Crippen LogP contribution in [0.15, 0.2) is 115 Å². The number of thiazole rings is 2. The lowest BCUT2D eigenvalue weighted by Gasteiger charge is -2.23.